The van der Waals surface area contributed by atoms with Crippen LogP contribution in [-0.4, -0.2) is 69.0 Å². The van der Waals surface area contributed by atoms with Gasteiger partial charge in [0.05, 0.1) is 31.8 Å². The zero-order valence-corrected chi connectivity index (χ0v) is 22.1. The van der Waals surface area contributed by atoms with E-state index < -0.39 is 43.8 Å². The Bertz CT molecular complexity index is 498. The molecule has 6 N–H and O–H groups in total. The summed E-state index contributed by atoms with van der Waals surface area (Å²) in [5.74, 6) is -1.60. The second-order valence-electron chi connectivity index (χ2n) is 8.95. The zero-order valence-electron chi connectivity index (χ0n) is 22.1. The Balaban J connectivity index is -0.000000559. The summed E-state index contributed by atoms with van der Waals surface area (Å²) in [4.78, 5) is 19.9. The summed E-state index contributed by atoms with van der Waals surface area (Å²) in [5.41, 5.74) is -0.935. The molecular weight excluding hydrogens is 452 g/mol. The Morgan fingerprint density at radius 2 is 1.03 bits per heavy atom. The standard InChI is InChI=1S/C18H34O2.C5H12O4.C4H6O2/c1-2-3-4-5-6-7-8-9-10-11-12-13-14-15-16-17-18(19)20;6-1-5(2-7,3-8)4-9;1-3(2)4(5)6/h9-10H,2-8,11-17H2,1H3,(H,19,20);6-9H,1-4H2;1H2,2H3,(H,5,6). The van der Waals surface area contributed by atoms with Crippen molar-refractivity contribution in [3.05, 3.63) is 24.3 Å². The summed E-state index contributed by atoms with van der Waals surface area (Å²) in [5, 5.41) is 50.4. The number of rotatable bonds is 20. The smallest absolute Gasteiger partial charge is 0.330 e. The highest BCUT2D eigenvalue weighted by molar-refractivity contribution is 5.84. The molecule has 0 fully saturated rings. The van der Waals surface area contributed by atoms with Gasteiger partial charge in [-0.1, -0.05) is 77.0 Å². The first-order chi connectivity index (χ1) is 16.7. The van der Waals surface area contributed by atoms with Crippen molar-refractivity contribution in [1.29, 1.82) is 0 Å². The lowest BCUT2D eigenvalue weighted by atomic mass is 9.93. The Hall–Kier alpha value is -1.74. The molecule has 0 aliphatic rings. The molecule has 0 saturated carbocycles. The highest BCUT2D eigenvalue weighted by Gasteiger charge is 2.26. The van der Waals surface area contributed by atoms with Crippen molar-refractivity contribution in [1.82, 2.24) is 0 Å². The third-order valence-electron chi connectivity index (χ3n) is 5.36. The molecular formula is C27H52O8. The molecule has 35 heavy (non-hydrogen) atoms. The normalized spacial score (nSPS) is 10.8. The summed E-state index contributed by atoms with van der Waals surface area (Å²) in [7, 11) is 0. The van der Waals surface area contributed by atoms with Gasteiger partial charge in [0, 0.05) is 12.0 Å². The maximum Gasteiger partial charge on any atom is 0.330 e. The van der Waals surface area contributed by atoms with Crippen LogP contribution in [-0.2, 0) is 9.59 Å². The molecule has 0 rings (SSSR count). The molecule has 8 heteroatoms. The van der Waals surface area contributed by atoms with Crippen molar-refractivity contribution in [2.45, 2.75) is 104 Å². The molecule has 0 aliphatic carbocycles. The summed E-state index contributed by atoms with van der Waals surface area (Å²) >= 11 is 0. The first-order valence-electron chi connectivity index (χ1n) is 12.8. The number of hydrogen-bond acceptors (Lipinski definition) is 6. The first kappa shape index (κ1) is 37.8. The number of aliphatic hydroxyl groups is 4. The van der Waals surface area contributed by atoms with Crippen LogP contribution in [0.5, 0.6) is 0 Å². The van der Waals surface area contributed by atoms with E-state index in [1.165, 1.54) is 77.6 Å². The lowest BCUT2D eigenvalue weighted by Gasteiger charge is -2.23. The lowest BCUT2D eigenvalue weighted by Crippen LogP contribution is -2.37. The molecule has 0 atom stereocenters. The molecule has 0 saturated heterocycles. The minimum Gasteiger partial charge on any atom is -0.481 e. The number of carboxylic acid groups (broad SMARTS) is 2. The van der Waals surface area contributed by atoms with Gasteiger partial charge in [0.15, 0.2) is 0 Å². The number of carboxylic acids is 2. The van der Waals surface area contributed by atoms with Crippen LogP contribution in [0.2, 0.25) is 0 Å². The van der Waals surface area contributed by atoms with Crippen LogP contribution in [0.3, 0.4) is 0 Å². The van der Waals surface area contributed by atoms with E-state index in [-0.39, 0.29) is 5.57 Å². The van der Waals surface area contributed by atoms with Gasteiger partial charge in [-0.2, -0.15) is 0 Å². The van der Waals surface area contributed by atoms with Gasteiger partial charge in [-0.25, -0.2) is 4.79 Å². The summed E-state index contributed by atoms with van der Waals surface area (Å²) in [6, 6.07) is 0. The van der Waals surface area contributed by atoms with E-state index in [0.29, 0.717) is 6.42 Å². The number of aliphatic carboxylic acids is 2. The molecule has 0 heterocycles. The Morgan fingerprint density at radius 3 is 1.31 bits per heavy atom. The summed E-state index contributed by atoms with van der Waals surface area (Å²) in [6.07, 6.45) is 21.2. The van der Waals surface area contributed by atoms with Gasteiger partial charge >= 0.3 is 11.9 Å². The quantitative estimate of drug-likeness (QED) is 0.0792. The largest absolute Gasteiger partial charge is 0.481 e. The van der Waals surface area contributed by atoms with E-state index in [1.807, 2.05) is 0 Å². The maximum atomic E-state index is 10.3. The molecule has 0 amide bonds. The van der Waals surface area contributed by atoms with E-state index in [1.54, 1.807) is 0 Å². The minimum absolute atomic E-state index is 0.176. The second kappa shape index (κ2) is 28.5. The predicted octanol–water partition coefficient (Wildman–Crippen LogP) is 4.70. The van der Waals surface area contributed by atoms with Gasteiger partial charge in [0.1, 0.15) is 0 Å². The van der Waals surface area contributed by atoms with Crippen molar-refractivity contribution >= 4 is 11.9 Å². The molecule has 0 spiro atoms. The predicted molar refractivity (Wildman–Crippen MR) is 140 cm³/mol. The average Bonchev–Trinajstić information content (AvgIpc) is 2.84. The van der Waals surface area contributed by atoms with Crippen LogP contribution in [0, 0.1) is 5.41 Å². The van der Waals surface area contributed by atoms with Crippen LogP contribution < -0.4 is 0 Å². The second-order valence-corrected chi connectivity index (χ2v) is 8.95. The van der Waals surface area contributed by atoms with Gasteiger partial charge in [-0.15, -0.1) is 0 Å². The van der Waals surface area contributed by atoms with Crippen molar-refractivity contribution in [2.24, 2.45) is 5.41 Å². The van der Waals surface area contributed by atoms with E-state index in [0.717, 1.165) is 12.8 Å². The molecule has 0 bridgehead atoms. The van der Waals surface area contributed by atoms with Crippen LogP contribution in [0.15, 0.2) is 24.3 Å². The highest BCUT2D eigenvalue weighted by atomic mass is 16.4. The molecule has 0 aromatic carbocycles. The van der Waals surface area contributed by atoms with Gasteiger partial charge in [-0.05, 0) is 39.0 Å². The Labute approximate surface area is 212 Å². The van der Waals surface area contributed by atoms with E-state index >= 15 is 0 Å². The van der Waals surface area contributed by atoms with Crippen molar-refractivity contribution < 1.29 is 40.2 Å². The number of hydrogen-bond donors (Lipinski definition) is 6. The number of unbranched alkanes of at least 4 members (excludes halogenated alkanes) is 11. The molecule has 0 radical (unpaired) electrons. The maximum absolute atomic E-state index is 10.3. The number of carbonyl (C=O) groups is 2. The molecule has 8 nitrogen and oxygen atoms in total. The van der Waals surface area contributed by atoms with E-state index in [2.05, 4.69) is 25.7 Å². The van der Waals surface area contributed by atoms with Crippen molar-refractivity contribution in [2.75, 3.05) is 26.4 Å². The minimum atomic E-state index is -1.11. The van der Waals surface area contributed by atoms with Gasteiger partial charge in [0.2, 0.25) is 0 Å². The fraction of sp³-hybridized carbons (Fsp3) is 0.778. The first-order valence-corrected chi connectivity index (χ1v) is 12.8. The Morgan fingerprint density at radius 1 is 0.686 bits per heavy atom. The fourth-order valence-corrected chi connectivity index (χ4v) is 2.65. The molecule has 0 unspecified atom stereocenters. The number of allylic oxidation sites excluding steroid dienone is 2. The van der Waals surface area contributed by atoms with Crippen LogP contribution in [0.1, 0.15) is 104 Å². The third kappa shape index (κ3) is 30.2. The van der Waals surface area contributed by atoms with Gasteiger partial charge in [0.25, 0.3) is 0 Å². The summed E-state index contributed by atoms with van der Waals surface area (Å²) in [6.45, 7) is 5.24. The fourth-order valence-electron chi connectivity index (χ4n) is 2.65. The van der Waals surface area contributed by atoms with E-state index in [4.69, 9.17) is 30.6 Å². The van der Waals surface area contributed by atoms with Gasteiger partial charge < -0.3 is 30.6 Å². The molecule has 0 aromatic rings. The third-order valence-corrected chi connectivity index (χ3v) is 5.36. The van der Waals surface area contributed by atoms with Gasteiger partial charge in [-0.3, -0.25) is 4.79 Å². The van der Waals surface area contributed by atoms with E-state index in [9.17, 15) is 9.59 Å². The van der Waals surface area contributed by atoms with Crippen LogP contribution in [0.25, 0.3) is 0 Å². The molecule has 0 aromatic heterocycles. The SMILES string of the molecule is C=C(C)C(=O)O.CCCCCCCCC=CCCCCCCCC(=O)O.OCC(CO)(CO)CO. The number of aliphatic hydroxyl groups excluding tert-OH is 4. The van der Waals surface area contributed by atoms with Crippen LogP contribution in [0.4, 0.5) is 0 Å². The van der Waals surface area contributed by atoms with Crippen molar-refractivity contribution in [3.63, 3.8) is 0 Å². The van der Waals surface area contributed by atoms with Crippen molar-refractivity contribution in [3.8, 4) is 0 Å². The lowest BCUT2D eigenvalue weighted by molar-refractivity contribution is -0.137. The monoisotopic (exact) mass is 504 g/mol. The van der Waals surface area contributed by atoms with Crippen LogP contribution >= 0.6 is 0 Å². The molecule has 0 aliphatic heterocycles. The summed E-state index contributed by atoms with van der Waals surface area (Å²) < 4.78 is 0. The Kier molecular flexibility index (Phi) is 30.8. The average molecular weight is 505 g/mol. The zero-order chi connectivity index (χ0) is 27.4. The molecule has 208 valence electrons. The highest BCUT2D eigenvalue weighted by Crippen LogP contribution is 2.12. The topological polar surface area (TPSA) is 156 Å².